The molecule has 0 saturated carbocycles. The van der Waals surface area contributed by atoms with Gasteiger partial charge in [0, 0.05) is 6.08 Å². The number of carbonyl (C=O) groups excluding carboxylic acids is 2. The predicted octanol–water partition coefficient (Wildman–Crippen LogP) is 3.58. The van der Waals surface area contributed by atoms with Crippen LogP contribution in [0, 0.1) is 0 Å². The number of hydrogen-bond acceptors (Lipinski definition) is 5. The molecule has 0 aliphatic heterocycles. The van der Waals surface area contributed by atoms with Crippen molar-refractivity contribution < 1.29 is 23.8 Å². The van der Waals surface area contributed by atoms with E-state index in [9.17, 15) is 9.59 Å². The topological polar surface area (TPSA) is 73.9 Å². The fourth-order valence-corrected chi connectivity index (χ4v) is 2.58. The number of benzene rings is 2. The number of ether oxygens (including phenoxy) is 3. The van der Waals surface area contributed by atoms with Crippen LogP contribution < -0.4 is 14.8 Å². The number of allylic oxidation sites excluding steroid dienone is 3. The molecule has 29 heavy (non-hydrogen) atoms. The first-order chi connectivity index (χ1) is 14.1. The lowest BCUT2D eigenvalue weighted by atomic mass is 9.98. The molecule has 0 radical (unpaired) electrons. The summed E-state index contributed by atoms with van der Waals surface area (Å²) in [7, 11) is 3.19. The highest BCUT2D eigenvalue weighted by Gasteiger charge is 2.18. The highest BCUT2D eigenvalue weighted by atomic mass is 16.5. The number of amides is 1. The molecule has 0 bridgehead atoms. The van der Waals surface area contributed by atoms with Crippen LogP contribution in [-0.2, 0) is 14.3 Å². The Balaban J connectivity index is 2.13. The van der Waals surface area contributed by atoms with E-state index in [4.69, 9.17) is 14.2 Å². The standard InChI is InChI=1S/C23H25NO5/c1-4-5-6-7-22(26)29-16-21(25)24-23(17-8-12-19(27-2)13-9-17)18-10-14-20(28-3)15-11-18/h4-15,23H,16H2,1-3H3,(H,24,25)/b5-4+,7-6+. The van der Waals surface area contributed by atoms with Crippen LogP contribution in [0.5, 0.6) is 11.5 Å². The molecule has 0 unspecified atom stereocenters. The maximum absolute atomic E-state index is 12.4. The first-order valence-electron chi connectivity index (χ1n) is 9.10. The second-order valence-electron chi connectivity index (χ2n) is 6.04. The number of rotatable bonds is 9. The molecule has 2 aromatic rings. The predicted molar refractivity (Wildman–Crippen MR) is 111 cm³/mol. The minimum atomic E-state index is -0.580. The van der Waals surface area contributed by atoms with Crippen molar-refractivity contribution in [2.75, 3.05) is 20.8 Å². The van der Waals surface area contributed by atoms with Crippen molar-refractivity contribution in [2.45, 2.75) is 13.0 Å². The lowest BCUT2D eigenvalue weighted by Crippen LogP contribution is -2.33. The Bertz CT molecular complexity index is 806. The number of carbonyl (C=O) groups is 2. The smallest absolute Gasteiger partial charge is 0.331 e. The van der Waals surface area contributed by atoms with Gasteiger partial charge in [0.25, 0.3) is 5.91 Å². The number of hydrogen-bond donors (Lipinski definition) is 1. The fourth-order valence-electron chi connectivity index (χ4n) is 2.58. The summed E-state index contributed by atoms with van der Waals surface area (Å²) in [6.45, 7) is 1.46. The van der Waals surface area contributed by atoms with E-state index in [0.29, 0.717) is 0 Å². The molecule has 0 fully saturated rings. The zero-order chi connectivity index (χ0) is 21.1. The van der Waals surface area contributed by atoms with E-state index in [2.05, 4.69) is 5.32 Å². The molecule has 6 heteroatoms. The van der Waals surface area contributed by atoms with Crippen LogP contribution in [0.25, 0.3) is 0 Å². The third kappa shape index (κ3) is 6.84. The Labute approximate surface area is 170 Å². The van der Waals surface area contributed by atoms with E-state index >= 15 is 0 Å². The third-order valence-electron chi connectivity index (χ3n) is 4.08. The van der Waals surface area contributed by atoms with Crippen LogP contribution in [0.2, 0.25) is 0 Å². The molecule has 0 aromatic heterocycles. The van der Waals surface area contributed by atoms with Gasteiger partial charge in [-0.3, -0.25) is 4.79 Å². The molecule has 0 aliphatic rings. The molecule has 0 aliphatic carbocycles. The van der Waals surface area contributed by atoms with Gasteiger partial charge in [-0.25, -0.2) is 4.79 Å². The van der Waals surface area contributed by atoms with Gasteiger partial charge in [-0.2, -0.15) is 0 Å². The summed E-state index contributed by atoms with van der Waals surface area (Å²) in [5.41, 5.74) is 1.73. The molecule has 152 valence electrons. The summed E-state index contributed by atoms with van der Waals surface area (Å²) in [4.78, 5) is 24.0. The first-order valence-corrected chi connectivity index (χ1v) is 9.10. The second-order valence-corrected chi connectivity index (χ2v) is 6.04. The van der Waals surface area contributed by atoms with E-state index < -0.39 is 17.9 Å². The van der Waals surface area contributed by atoms with E-state index in [1.54, 1.807) is 32.4 Å². The van der Waals surface area contributed by atoms with Gasteiger partial charge >= 0.3 is 5.97 Å². The second kappa shape index (κ2) is 11.3. The van der Waals surface area contributed by atoms with Gasteiger partial charge in [-0.1, -0.05) is 42.5 Å². The van der Waals surface area contributed by atoms with Crippen molar-refractivity contribution >= 4 is 11.9 Å². The Hall–Kier alpha value is -3.54. The lowest BCUT2D eigenvalue weighted by molar-refractivity contribution is -0.144. The van der Waals surface area contributed by atoms with E-state index in [-0.39, 0.29) is 6.61 Å². The number of methoxy groups -OCH3 is 2. The lowest BCUT2D eigenvalue weighted by Gasteiger charge is -2.20. The summed E-state index contributed by atoms with van der Waals surface area (Å²) in [5, 5.41) is 2.91. The van der Waals surface area contributed by atoms with Gasteiger partial charge < -0.3 is 19.5 Å². The van der Waals surface area contributed by atoms with Crippen LogP contribution in [0.4, 0.5) is 0 Å². The van der Waals surface area contributed by atoms with Gasteiger partial charge in [-0.15, -0.1) is 0 Å². The molecule has 0 heterocycles. The van der Waals surface area contributed by atoms with Crippen LogP contribution in [-0.4, -0.2) is 32.7 Å². The maximum Gasteiger partial charge on any atom is 0.331 e. The van der Waals surface area contributed by atoms with Crippen LogP contribution >= 0.6 is 0 Å². The molecule has 2 rings (SSSR count). The molecule has 0 atom stereocenters. The van der Waals surface area contributed by atoms with Gasteiger partial charge in [0.1, 0.15) is 11.5 Å². The molecule has 1 N–H and O–H groups in total. The molecule has 0 saturated heterocycles. The van der Waals surface area contributed by atoms with Crippen LogP contribution in [0.3, 0.4) is 0 Å². The van der Waals surface area contributed by atoms with Crippen molar-refractivity contribution in [1.29, 1.82) is 0 Å². The Kier molecular flexibility index (Phi) is 8.51. The van der Waals surface area contributed by atoms with Gasteiger partial charge in [0.15, 0.2) is 6.61 Å². The van der Waals surface area contributed by atoms with Gasteiger partial charge in [-0.05, 0) is 42.3 Å². The SMILES string of the molecule is C/C=C/C=C/C(=O)OCC(=O)NC(c1ccc(OC)cc1)c1ccc(OC)cc1. The zero-order valence-corrected chi connectivity index (χ0v) is 16.8. The first kappa shape index (κ1) is 21.8. The average molecular weight is 395 g/mol. The summed E-state index contributed by atoms with van der Waals surface area (Å²) < 4.78 is 15.4. The summed E-state index contributed by atoms with van der Waals surface area (Å²) in [5.74, 6) is 0.448. The van der Waals surface area contributed by atoms with Crippen molar-refractivity contribution in [2.24, 2.45) is 0 Å². The quantitative estimate of drug-likeness (QED) is 0.399. The van der Waals surface area contributed by atoms with Gasteiger partial charge in [0.05, 0.1) is 20.3 Å². The summed E-state index contributed by atoms with van der Waals surface area (Å²) >= 11 is 0. The van der Waals surface area contributed by atoms with Crippen molar-refractivity contribution in [3.63, 3.8) is 0 Å². The van der Waals surface area contributed by atoms with E-state index in [1.807, 2.05) is 55.5 Å². The molecule has 6 nitrogen and oxygen atoms in total. The average Bonchev–Trinajstić information content (AvgIpc) is 2.76. The Morgan fingerprint density at radius 3 is 1.86 bits per heavy atom. The largest absolute Gasteiger partial charge is 0.497 e. The van der Waals surface area contributed by atoms with E-state index in [1.165, 1.54) is 6.08 Å². The summed E-state index contributed by atoms with van der Waals surface area (Å²) in [6, 6.07) is 14.4. The van der Waals surface area contributed by atoms with Crippen molar-refractivity contribution in [3.8, 4) is 11.5 Å². The Morgan fingerprint density at radius 2 is 1.41 bits per heavy atom. The van der Waals surface area contributed by atoms with E-state index in [0.717, 1.165) is 22.6 Å². The number of nitrogens with one attached hydrogen (secondary N) is 1. The molecule has 0 spiro atoms. The maximum atomic E-state index is 12.4. The number of esters is 1. The van der Waals surface area contributed by atoms with Crippen LogP contribution in [0.15, 0.2) is 72.8 Å². The molecule has 2 aromatic carbocycles. The Morgan fingerprint density at radius 1 is 0.897 bits per heavy atom. The minimum Gasteiger partial charge on any atom is -0.497 e. The molecule has 1 amide bonds. The highest BCUT2D eigenvalue weighted by molar-refractivity contribution is 5.86. The minimum absolute atomic E-state index is 0.373. The fraction of sp³-hybridized carbons (Fsp3) is 0.217. The van der Waals surface area contributed by atoms with Crippen LogP contribution in [0.1, 0.15) is 24.1 Å². The normalized spacial score (nSPS) is 11.0. The van der Waals surface area contributed by atoms with Gasteiger partial charge in [0.2, 0.25) is 0 Å². The zero-order valence-electron chi connectivity index (χ0n) is 16.8. The monoisotopic (exact) mass is 395 g/mol. The highest BCUT2D eigenvalue weighted by Crippen LogP contribution is 2.25. The third-order valence-corrected chi connectivity index (χ3v) is 4.08. The molecular formula is C23H25NO5. The molecular weight excluding hydrogens is 370 g/mol. The summed E-state index contributed by atoms with van der Waals surface area (Å²) in [6.07, 6.45) is 6.30. The van der Waals surface area contributed by atoms with Crippen molar-refractivity contribution in [1.82, 2.24) is 5.32 Å². The van der Waals surface area contributed by atoms with Crippen molar-refractivity contribution in [3.05, 3.63) is 84.0 Å².